The molecule has 12 heavy (non-hydrogen) atoms. The molecule has 72 valence electrons. The third-order valence-electron chi connectivity index (χ3n) is 0.977. The van der Waals surface area contributed by atoms with Gasteiger partial charge in [-0.2, -0.15) is 0 Å². The molecule has 7 heteroatoms. The Hall–Kier alpha value is -0.420. The standard InChI is InChI=1S/C5H13N2O4P/c1-2-7-5(8)3-6-4-12(9,10)11/h6H,2-4H2,1H3,(H,7,8)(H2,9,10,11). The molecule has 0 saturated heterocycles. The maximum Gasteiger partial charge on any atom is 0.339 e. The smallest absolute Gasteiger partial charge is 0.339 e. The first kappa shape index (κ1) is 11.6. The van der Waals surface area contributed by atoms with E-state index in [2.05, 4.69) is 10.6 Å². The Morgan fingerprint density at radius 2 is 2.08 bits per heavy atom. The fourth-order valence-electron chi connectivity index (χ4n) is 0.575. The molecule has 0 spiro atoms. The van der Waals surface area contributed by atoms with Crippen molar-refractivity contribution < 1.29 is 19.1 Å². The van der Waals surface area contributed by atoms with Gasteiger partial charge in [-0.1, -0.05) is 0 Å². The summed E-state index contributed by atoms with van der Waals surface area (Å²) in [5, 5.41) is 4.81. The van der Waals surface area contributed by atoms with Crippen molar-refractivity contribution in [2.24, 2.45) is 0 Å². The summed E-state index contributed by atoms with van der Waals surface area (Å²) in [4.78, 5) is 27.5. The van der Waals surface area contributed by atoms with Crippen LogP contribution in [0.5, 0.6) is 0 Å². The third-order valence-corrected chi connectivity index (χ3v) is 1.61. The van der Waals surface area contributed by atoms with E-state index in [1.165, 1.54) is 0 Å². The van der Waals surface area contributed by atoms with Crippen LogP contribution >= 0.6 is 7.60 Å². The van der Waals surface area contributed by atoms with Gasteiger partial charge in [-0.25, -0.2) is 0 Å². The van der Waals surface area contributed by atoms with Gasteiger partial charge in [0, 0.05) is 6.54 Å². The van der Waals surface area contributed by atoms with Crippen molar-refractivity contribution in [3.63, 3.8) is 0 Å². The Bertz CT molecular complexity index is 190. The van der Waals surface area contributed by atoms with E-state index in [1.54, 1.807) is 6.92 Å². The first-order chi connectivity index (χ1) is 5.45. The highest BCUT2D eigenvalue weighted by Gasteiger charge is 2.11. The topological polar surface area (TPSA) is 98.7 Å². The minimum absolute atomic E-state index is 0.0705. The molecule has 6 nitrogen and oxygen atoms in total. The van der Waals surface area contributed by atoms with Gasteiger partial charge in [0.2, 0.25) is 5.91 Å². The molecule has 0 aliphatic heterocycles. The molecular weight excluding hydrogens is 183 g/mol. The first-order valence-corrected chi connectivity index (χ1v) is 5.27. The van der Waals surface area contributed by atoms with Crippen molar-refractivity contribution in [2.45, 2.75) is 6.92 Å². The molecule has 0 radical (unpaired) electrons. The van der Waals surface area contributed by atoms with Crippen molar-refractivity contribution in [1.29, 1.82) is 0 Å². The van der Waals surface area contributed by atoms with Gasteiger partial charge < -0.3 is 15.1 Å². The number of nitrogens with one attached hydrogen (secondary N) is 2. The van der Waals surface area contributed by atoms with Gasteiger partial charge >= 0.3 is 7.60 Å². The molecule has 0 aromatic rings. The van der Waals surface area contributed by atoms with Crippen LogP contribution < -0.4 is 10.6 Å². The Morgan fingerprint density at radius 1 is 1.50 bits per heavy atom. The molecular formula is C5H13N2O4P. The van der Waals surface area contributed by atoms with Crippen molar-refractivity contribution in [2.75, 3.05) is 19.4 Å². The summed E-state index contributed by atoms with van der Waals surface area (Å²) in [5.41, 5.74) is 0. The monoisotopic (exact) mass is 196 g/mol. The molecule has 0 bridgehead atoms. The van der Waals surface area contributed by atoms with Crippen LogP contribution in [0.4, 0.5) is 0 Å². The number of carbonyl (C=O) groups is 1. The van der Waals surface area contributed by atoms with Crippen LogP contribution in [-0.4, -0.2) is 35.1 Å². The van der Waals surface area contributed by atoms with Gasteiger partial charge in [-0.3, -0.25) is 14.7 Å². The molecule has 0 fully saturated rings. The average Bonchev–Trinajstić information content (AvgIpc) is 1.84. The quantitative estimate of drug-likeness (QED) is 0.416. The van der Waals surface area contributed by atoms with Crippen molar-refractivity contribution >= 4 is 13.5 Å². The lowest BCUT2D eigenvalue weighted by Crippen LogP contribution is -2.33. The molecule has 0 unspecified atom stereocenters. The number of carbonyl (C=O) groups excluding carboxylic acids is 1. The van der Waals surface area contributed by atoms with Crippen molar-refractivity contribution in [3.05, 3.63) is 0 Å². The summed E-state index contributed by atoms with van der Waals surface area (Å²) in [7, 11) is -4.03. The van der Waals surface area contributed by atoms with Crippen LogP contribution in [0.1, 0.15) is 6.92 Å². The predicted molar refractivity (Wildman–Crippen MR) is 43.6 cm³/mol. The second-order valence-corrected chi connectivity index (χ2v) is 3.85. The molecule has 0 aromatic heterocycles. The van der Waals surface area contributed by atoms with Crippen LogP contribution in [0.25, 0.3) is 0 Å². The SMILES string of the molecule is CCNC(=O)CNCP(=O)(O)O. The Labute approximate surface area is 70.5 Å². The highest BCUT2D eigenvalue weighted by Crippen LogP contribution is 2.31. The van der Waals surface area contributed by atoms with E-state index >= 15 is 0 Å². The third kappa shape index (κ3) is 7.68. The lowest BCUT2D eigenvalue weighted by molar-refractivity contribution is -0.120. The number of amides is 1. The van der Waals surface area contributed by atoms with Gasteiger partial charge in [0.15, 0.2) is 0 Å². The van der Waals surface area contributed by atoms with Gasteiger partial charge in [0.25, 0.3) is 0 Å². The molecule has 0 rings (SSSR count). The van der Waals surface area contributed by atoms with Gasteiger partial charge in [0.05, 0.1) is 12.8 Å². The van der Waals surface area contributed by atoms with Crippen LogP contribution in [0, 0.1) is 0 Å². The first-order valence-electron chi connectivity index (χ1n) is 3.47. The normalized spacial score (nSPS) is 11.2. The van der Waals surface area contributed by atoms with Gasteiger partial charge in [-0.05, 0) is 6.92 Å². The Balaban J connectivity index is 3.44. The van der Waals surface area contributed by atoms with Crippen LogP contribution in [0.2, 0.25) is 0 Å². The summed E-state index contributed by atoms with van der Waals surface area (Å²) < 4.78 is 10.3. The fourth-order valence-corrected chi connectivity index (χ4v) is 0.978. The minimum atomic E-state index is -4.03. The number of likely N-dealkylation sites (N-methyl/N-ethyl adjacent to an activating group) is 1. The highest BCUT2D eigenvalue weighted by molar-refractivity contribution is 7.51. The average molecular weight is 196 g/mol. The molecule has 4 N–H and O–H groups in total. The summed E-state index contributed by atoms with van der Waals surface area (Å²) in [6.45, 7) is 2.20. The summed E-state index contributed by atoms with van der Waals surface area (Å²) >= 11 is 0. The Kier molecular flexibility index (Phi) is 5.08. The van der Waals surface area contributed by atoms with E-state index in [9.17, 15) is 9.36 Å². The van der Waals surface area contributed by atoms with Gasteiger partial charge in [-0.15, -0.1) is 0 Å². The molecule has 0 aromatic carbocycles. The second kappa shape index (κ2) is 5.27. The zero-order valence-corrected chi connectivity index (χ0v) is 7.67. The summed E-state index contributed by atoms with van der Waals surface area (Å²) in [6, 6.07) is 0. The minimum Gasteiger partial charge on any atom is -0.355 e. The zero-order chi connectivity index (χ0) is 9.61. The molecule has 0 aliphatic rings. The van der Waals surface area contributed by atoms with E-state index in [1.807, 2.05) is 0 Å². The van der Waals surface area contributed by atoms with E-state index in [0.717, 1.165) is 0 Å². The molecule has 0 heterocycles. The second-order valence-electron chi connectivity index (χ2n) is 2.20. The van der Waals surface area contributed by atoms with Gasteiger partial charge in [0.1, 0.15) is 0 Å². The van der Waals surface area contributed by atoms with E-state index in [4.69, 9.17) is 9.79 Å². The summed E-state index contributed by atoms with van der Waals surface area (Å²) in [5.74, 6) is -0.272. The number of hydrogen-bond donors (Lipinski definition) is 4. The van der Waals surface area contributed by atoms with E-state index in [-0.39, 0.29) is 12.5 Å². The van der Waals surface area contributed by atoms with Crippen LogP contribution in [0.3, 0.4) is 0 Å². The van der Waals surface area contributed by atoms with E-state index in [0.29, 0.717) is 6.54 Å². The maximum atomic E-state index is 10.7. The van der Waals surface area contributed by atoms with Crippen LogP contribution in [0.15, 0.2) is 0 Å². The Morgan fingerprint density at radius 3 is 2.50 bits per heavy atom. The lowest BCUT2D eigenvalue weighted by atomic mass is 10.5. The number of rotatable bonds is 5. The van der Waals surface area contributed by atoms with Crippen molar-refractivity contribution in [1.82, 2.24) is 10.6 Å². The molecule has 0 saturated carbocycles. The van der Waals surface area contributed by atoms with E-state index < -0.39 is 13.9 Å². The fraction of sp³-hybridized carbons (Fsp3) is 0.800. The lowest BCUT2D eigenvalue weighted by Gasteiger charge is -2.05. The van der Waals surface area contributed by atoms with Crippen LogP contribution in [-0.2, 0) is 9.36 Å². The van der Waals surface area contributed by atoms with Crippen molar-refractivity contribution in [3.8, 4) is 0 Å². The zero-order valence-electron chi connectivity index (χ0n) is 6.78. The predicted octanol–water partition coefficient (Wildman–Crippen LogP) is -1.15. The summed E-state index contributed by atoms with van der Waals surface area (Å²) in [6.07, 6.45) is -0.468. The molecule has 0 atom stereocenters. The number of hydrogen-bond acceptors (Lipinski definition) is 3. The highest BCUT2D eigenvalue weighted by atomic mass is 31.2. The molecule has 0 aliphatic carbocycles. The largest absolute Gasteiger partial charge is 0.355 e. The molecule has 1 amide bonds. The maximum absolute atomic E-state index is 10.7.